The van der Waals surface area contributed by atoms with Crippen LogP contribution in [-0.2, 0) is 9.47 Å². The van der Waals surface area contributed by atoms with Gasteiger partial charge >= 0.3 is 0 Å². The minimum absolute atomic E-state index is 0.378. The van der Waals surface area contributed by atoms with Crippen molar-refractivity contribution < 1.29 is 14.2 Å². The van der Waals surface area contributed by atoms with Crippen molar-refractivity contribution in [1.29, 1.82) is 0 Å². The summed E-state index contributed by atoms with van der Waals surface area (Å²) in [5.41, 5.74) is 6.28. The predicted octanol–water partition coefficient (Wildman–Crippen LogP) is 1.82. The molecule has 0 radical (unpaired) electrons. The molecule has 2 N–H and O–H groups in total. The van der Waals surface area contributed by atoms with Gasteiger partial charge in [0.05, 0.1) is 13.2 Å². The van der Waals surface area contributed by atoms with Gasteiger partial charge in [-0.2, -0.15) is 0 Å². The number of ether oxygens (including phenoxy) is 3. The summed E-state index contributed by atoms with van der Waals surface area (Å²) >= 11 is 0. The zero-order chi connectivity index (χ0) is 14.8. The zero-order valence-corrected chi connectivity index (χ0v) is 12.3. The Kier molecular flexibility index (Phi) is 7.10. The number of rotatable bonds is 6. The van der Waals surface area contributed by atoms with Gasteiger partial charge in [0.15, 0.2) is 0 Å². The molecule has 1 aliphatic rings. The van der Waals surface area contributed by atoms with E-state index in [-0.39, 0.29) is 0 Å². The Bertz CT molecular complexity index is 455. The van der Waals surface area contributed by atoms with E-state index in [9.17, 15) is 0 Å². The van der Waals surface area contributed by atoms with Gasteiger partial charge in [-0.15, -0.1) is 0 Å². The first kappa shape index (κ1) is 15.8. The van der Waals surface area contributed by atoms with Crippen LogP contribution >= 0.6 is 0 Å². The van der Waals surface area contributed by atoms with Crippen LogP contribution in [0.3, 0.4) is 0 Å². The third kappa shape index (κ3) is 6.17. The van der Waals surface area contributed by atoms with Gasteiger partial charge < -0.3 is 19.9 Å². The summed E-state index contributed by atoms with van der Waals surface area (Å²) in [5.74, 6) is 7.28. The van der Waals surface area contributed by atoms with Crippen molar-refractivity contribution in [1.82, 2.24) is 0 Å². The summed E-state index contributed by atoms with van der Waals surface area (Å²) in [4.78, 5) is 0. The van der Waals surface area contributed by atoms with Crippen molar-refractivity contribution in [3.05, 3.63) is 29.8 Å². The highest BCUT2D eigenvalue weighted by Gasteiger charge is 2.13. The first-order valence-electron chi connectivity index (χ1n) is 7.46. The van der Waals surface area contributed by atoms with Crippen LogP contribution < -0.4 is 10.5 Å². The summed E-state index contributed by atoms with van der Waals surface area (Å²) in [6, 6.07) is 7.69. The molecule has 0 aliphatic carbocycles. The van der Waals surface area contributed by atoms with Crippen LogP contribution in [-0.4, -0.2) is 39.6 Å². The highest BCUT2D eigenvalue weighted by atomic mass is 16.5. The molecule has 0 saturated carbocycles. The maximum absolute atomic E-state index is 5.65. The third-order valence-corrected chi connectivity index (χ3v) is 3.38. The second kappa shape index (κ2) is 9.41. The molecular formula is C17H23NO3. The van der Waals surface area contributed by atoms with E-state index in [0.717, 1.165) is 44.0 Å². The fraction of sp³-hybridized carbons (Fsp3) is 0.529. The second-order valence-corrected chi connectivity index (χ2v) is 5.01. The topological polar surface area (TPSA) is 53.7 Å². The predicted molar refractivity (Wildman–Crippen MR) is 82.2 cm³/mol. The second-order valence-electron chi connectivity index (χ2n) is 5.01. The molecule has 1 aliphatic heterocycles. The lowest BCUT2D eigenvalue weighted by molar-refractivity contribution is 0.0139. The molecule has 0 amide bonds. The van der Waals surface area contributed by atoms with E-state index in [1.807, 2.05) is 24.3 Å². The van der Waals surface area contributed by atoms with Gasteiger partial charge in [0.2, 0.25) is 0 Å². The Morgan fingerprint density at radius 3 is 2.62 bits per heavy atom. The molecule has 2 rings (SSSR count). The van der Waals surface area contributed by atoms with Crippen molar-refractivity contribution >= 4 is 0 Å². The fourth-order valence-corrected chi connectivity index (χ4v) is 2.17. The average molecular weight is 289 g/mol. The highest BCUT2D eigenvalue weighted by molar-refractivity contribution is 5.38. The van der Waals surface area contributed by atoms with E-state index < -0.39 is 0 Å². The maximum atomic E-state index is 5.65. The molecule has 4 heteroatoms. The van der Waals surface area contributed by atoms with Gasteiger partial charge in [-0.25, -0.2) is 0 Å². The fourth-order valence-electron chi connectivity index (χ4n) is 2.17. The van der Waals surface area contributed by atoms with Crippen LogP contribution in [0.15, 0.2) is 24.3 Å². The van der Waals surface area contributed by atoms with Crippen molar-refractivity contribution in [2.75, 3.05) is 39.6 Å². The van der Waals surface area contributed by atoms with Gasteiger partial charge in [-0.1, -0.05) is 11.8 Å². The molecule has 1 aromatic carbocycles. The molecule has 21 heavy (non-hydrogen) atoms. The van der Waals surface area contributed by atoms with Crippen LogP contribution in [0.5, 0.6) is 5.75 Å². The quantitative estimate of drug-likeness (QED) is 0.641. The van der Waals surface area contributed by atoms with Crippen molar-refractivity contribution in [2.24, 2.45) is 11.7 Å². The van der Waals surface area contributed by atoms with E-state index in [1.54, 1.807) is 0 Å². The minimum atomic E-state index is 0.378. The molecule has 1 aromatic rings. The Morgan fingerprint density at radius 1 is 1.14 bits per heavy atom. The first-order chi connectivity index (χ1) is 10.4. The number of hydrogen-bond acceptors (Lipinski definition) is 4. The molecule has 114 valence electrons. The maximum Gasteiger partial charge on any atom is 0.119 e. The molecule has 0 aromatic heterocycles. The van der Waals surface area contributed by atoms with Crippen LogP contribution in [0.2, 0.25) is 0 Å². The molecule has 1 fully saturated rings. The number of hydrogen-bond donors (Lipinski definition) is 1. The van der Waals surface area contributed by atoms with Gasteiger partial charge in [0.25, 0.3) is 0 Å². The number of benzene rings is 1. The Balaban J connectivity index is 1.59. The minimum Gasteiger partial charge on any atom is -0.491 e. The molecule has 0 spiro atoms. The molecule has 4 nitrogen and oxygen atoms in total. The van der Waals surface area contributed by atoms with Crippen LogP contribution in [0.4, 0.5) is 0 Å². The van der Waals surface area contributed by atoms with E-state index >= 15 is 0 Å². The van der Waals surface area contributed by atoms with Crippen LogP contribution in [0.1, 0.15) is 18.4 Å². The summed E-state index contributed by atoms with van der Waals surface area (Å²) in [7, 11) is 0. The normalized spacial score (nSPS) is 15.3. The van der Waals surface area contributed by atoms with E-state index in [4.69, 9.17) is 19.9 Å². The average Bonchev–Trinajstić information content (AvgIpc) is 2.55. The SMILES string of the molecule is NCC#Cc1ccc(OCCOCC2CCOCC2)cc1. The first-order valence-corrected chi connectivity index (χ1v) is 7.46. The standard InChI is InChI=1S/C17H23NO3/c18-9-1-2-15-3-5-17(6-4-15)21-13-12-20-14-16-7-10-19-11-8-16/h3-6,16H,7-14,18H2. The molecule has 1 saturated heterocycles. The zero-order valence-electron chi connectivity index (χ0n) is 12.3. The van der Waals surface area contributed by atoms with Crippen LogP contribution in [0, 0.1) is 17.8 Å². The lowest BCUT2D eigenvalue weighted by atomic mass is 10.0. The third-order valence-electron chi connectivity index (χ3n) is 3.38. The summed E-state index contributed by atoms with van der Waals surface area (Å²) in [5, 5.41) is 0. The molecule has 0 bridgehead atoms. The van der Waals surface area contributed by atoms with Crippen molar-refractivity contribution in [3.8, 4) is 17.6 Å². The monoisotopic (exact) mass is 289 g/mol. The van der Waals surface area contributed by atoms with Gasteiger partial charge in [0.1, 0.15) is 12.4 Å². The summed E-state index contributed by atoms with van der Waals surface area (Å²) < 4.78 is 16.6. The van der Waals surface area contributed by atoms with Gasteiger partial charge in [-0.3, -0.25) is 0 Å². The Hall–Kier alpha value is -1.54. The smallest absolute Gasteiger partial charge is 0.119 e. The summed E-state index contributed by atoms with van der Waals surface area (Å²) in [6.07, 6.45) is 2.21. The van der Waals surface area contributed by atoms with Gasteiger partial charge in [-0.05, 0) is 43.0 Å². The highest BCUT2D eigenvalue weighted by Crippen LogP contribution is 2.15. The number of nitrogens with two attached hydrogens (primary N) is 1. The van der Waals surface area contributed by atoms with Gasteiger partial charge in [0, 0.05) is 25.4 Å². The lowest BCUT2D eigenvalue weighted by Gasteiger charge is -2.21. The van der Waals surface area contributed by atoms with Crippen LogP contribution in [0.25, 0.3) is 0 Å². The summed E-state index contributed by atoms with van der Waals surface area (Å²) in [6.45, 7) is 4.10. The van der Waals surface area contributed by atoms with Crippen molar-refractivity contribution in [3.63, 3.8) is 0 Å². The van der Waals surface area contributed by atoms with Crippen molar-refractivity contribution in [2.45, 2.75) is 12.8 Å². The molecule has 0 unspecified atom stereocenters. The Labute approximate surface area is 126 Å². The molecular weight excluding hydrogens is 266 g/mol. The van der Waals surface area contributed by atoms with E-state index in [0.29, 0.717) is 25.7 Å². The lowest BCUT2D eigenvalue weighted by Crippen LogP contribution is -2.21. The van der Waals surface area contributed by atoms with E-state index in [2.05, 4.69) is 11.8 Å². The Morgan fingerprint density at radius 2 is 1.90 bits per heavy atom. The molecule has 0 atom stereocenters. The molecule has 1 heterocycles. The van der Waals surface area contributed by atoms with E-state index in [1.165, 1.54) is 0 Å². The largest absolute Gasteiger partial charge is 0.491 e.